The van der Waals surface area contributed by atoms with Gasteiger partial charge in [0.1, 0.15) is 18.0 Å². The molecule has 0 saturated heterocycles. The molecule has 6 rings (SSSR count). The van der Waals surface area contributed by atoms with Gasteiger partial charge in [0, 0.05) is 37.7 Å². The van der Waals surface area contributed by atoms with Crippen LogP contribution in [-0.4, -0.2) is 38.7 Å². The quantitative estimate of drug-likeness (QED) is 0.126. The topological polar surface area (TPSA) is 112 Å². The number of nitriles is 1. The van der Waals surface area contributed by atoms with Crippen molar-refractivity contribution in [1.82, 2.24) is 25.1 Å². The number of anilines is 2. The second-order valence-electron chi connectivity index (χ2n) is 12.3. The Morgan fingerprint density at radius 2 is 1.80 bits per heavy atom. The van der Waals surface area contributed by atoms with Crippen LogP contribution in [0.25, 0.3) is 22.5 Å². The number of benzene rings is 2. The van der Waals surface area contributed by atoms with Crippen molar-refractivity contribution in [1.29, 1.82) is 5.26 Å². The minimum Gasteiger partial charge on any atom is -0.370 e. The van der Waals surface area contributed by atoms with E-state index < -0.39 is 35.9 Å². The number of nitrogens with one attached hydrogen (secondary N) is 2. The van der Waals surface area contributed by atoms with Gasteiger partial charge in [-0.25, -0.2) is 4.98 Å². The van der Waals surface area contributed by atoms with Crippen LogP contribution in [0.15, 0.2) is 48.8 Å². The van der Waals surface area contributed by atoms with Crippen molar-refractivity contribution in [2.24, 2.45) is 13.0 Å². The summed E-state index contributed by atoms with van der Waals surface area (Å²) in [5, 5.41) is 23.1. The first kappa shape index (κ1) is 33.9. The molecule has 1 fully saturated rings. The van der Waals surface area contributed by atoms with Gasteiger partial charge >= 0.3 is 12.4 Å². The number of alkyl halides is 6. The molecule has 256 valence electrons. The molecule has 1 amide bonds. The van der Waals surface area contributed by atoms with Crippen molar-refractivity contribution in [3.05, 3.63) is 76.6 Å². The number of aromatic nitrogens is 4. The Morgan fingerprint density at radius 3 is 2.45 bits per heavy atom. The molecule has 49 heavy (non-hydrogen) atoms. The van der Waals surface area contributed by atoms with Gasteiger partial charge in [-0.05, 0) is 96.4 Å². The Kier molecular flexibility index (Phi) is 9.35. The van der Waals surface area contributed by atoms with Crippen LogP contribution in [0.3, 0.4) is 0 Å². The van der Waals surface area contributed by atoms with Gasteiger partial charge in [0.2, 0.25) is 0 Å². The van der Waals surface area contributed by atoms with Gasteiger partial charge in [-0.2, -0.15) is 31.6 Å². The molecule has 1 aliphatic heterocycles. The van der Waals surface area contributed by atoms with Crippen molar-refractivity contribution in [2.75, 3.05) is 23.3 Å². The molecule has 0 atom stereocenters. The molecule has 3 heterocycles. The van der Waals surface area contributed by atoms with Gasteiger partial charge in [0.25, 0.3) is 5.91 Å². The number of hydrogen-bond acceptors (Lipinski definition) is 7. The third kappa shape index (κ3) is 7.24. The van der Waals surface area contributed by atoms with Gasteiger partial charge in [-0.15, -0.1) is 10.2 Å². The molecule has 1 saturated carbocycles. The fourth-order valence-corrected chi connectivity index (χ4v) is 6.09. The highest BCUT2D eigenvalue weighted by Gasteiger charge is 2.41. The monoisotopic (exact) mass is 682 g/mol. The van der Waals surface area contributed by atoms with Crippen LogP contribution in [0.1, 0.15) is 64.7 Å². The molecule has 0 radical (unpaired) electrons. The Labute approximate surface area is 278 Å². The minimum atomic E-state index is -4.74. The van der Waals surface area contributed by atoms with Crippen LogP contribution in [0.4, 0.5) is 38.0 Å². The second kappa shape index (κ2) is 13.5. The molecular weight excluding hydrogens is 650 g/mol. The maximum Gasteiger partial charge on any atom is 0.416 e. The summed E-state index contributed by atoms with van der Waals surface area (Å²) in [5.74, 6) is 0.149. The van der Waals surface area contributed by atoms with E-state index in [2.05, 4.69) is 25.8 Å². The molecule has 9 nitrogen and oxygen atoms in total. The van der Waals surface area contributed by atoms with E-state index in [1.807, 2.05) is 6.07 Å². The highest BCUT2D eigenvalue weighted by Crippen LogP contribution is 2.42. The molecule has 2 aromatic carbocycles. The number of hydrogen-bond donors (Lipinski definition) is 2. The van der Waals surface area contributed by atoms with E-state index in [1.54, 1.807) is 7.05 Å². The zero-order valence-corrected chi connectivity index (χ0v) is 26.4. The number of unbranched alkanes of at least 4 members (excludes halogenated alkanes) is 1. The number of pyridine rings is 1. The smallest absolute Gasteiger partial charge is 0.370 e. The lowest BCUT2D eigenvalue weighted by Crippen LogP contribution is -2.27. The first-order valence-corrected chi connectivity index (χ1v) is 15.8. The number of carbonyl (C=O) groups is 1. The Hall–Kier alpha value is -4.97. The fourth-order valence-electron chi connectivity index (χ4n) is 6.09. The molecule has 4 aromatic rings. The molecule has 2 aromatic heterocycles. The average molecular weight is 683 g/mol. The summed E-state index contributed by atoms with van der Waals surface area (Å²) in [5.41, 5.74) is -1.25. The first-order chi connectivity index (χ1) is 23.3. The lowest BCUT2D eigenvalue weighted by atomic mass is 9.85. The third-order valence-corrected chi connectivity index (χ3v) is 8.86. The number of rotatable bonds is 11. The lowest BCUT2D eigenvalue weighted by Gasteiger charge is -2.25. The highest BCUT2D eigenvalue weighted by molar-refractivity contribution is 6.10. The van der Waals surface area contributed by atoms with Gasteiger partial charge in [0.05, 0.1) is 23.7 Å². The maximum absolute atomic E-state index is 14.4. The fraction of sp³-hybridized carbons (Fsp3) is 0.382. The van der Waals surface area contributed by atoms with E-state index >= 15 is 0 Å². The number of carbonyl (C=O) groups excluding carboxylic acids is 1. The summed E-state index contributed by atoms with van der Waals surface area (Å²) in [6, 6.07) is 10.6. The van der Waals surface area contributed by atoms with Crippen LogP contribution in [0, 0.1) is 17.2 Å². The summed E-state index contributed by atoms with van der Waals surface area (Å²) in [7, 11) is 1.63. The van der Waals surface area contributed by atoms with Crippen molar-refractivity contribution in [3.8, 4) is 28.6 Å². The summed E-state index contributed by atoms with van der Waals surface area (Å²) >= 11 is 0. The zero-order chi connectivity index (χ0) is 34.9. The van der Waals surface area contributed by atoms with E-state index in [1.165, 1.54) is 35.2 Å². The van der Waals surface area contributed by atoms with E-state index in [4.69, 9.17) is 5.26 Å². The van der Waals surface area contributed by atoms with Crippen molar-refractivity contribution >= 4 is 17.5 Å². The largest absolute Gasteiger partial charge is 0.416 e. The number of nitrogens with zero attached hydrogens (tertiary/aromatic N) is 6. The van der Waals surface area contributed by atoms with Crippen LogP contribution in [-0.2, 0) is 32.5 Å². The molecule has 0 unspecified atom stereocenters. The average Bonchev–Trinajstić information content (AvgIpc) is 3.61. The zero-order valence-electron chi connectivity index (χ0n) is 26.4. The van der Waals surface area contributed by atoms with Gasteiger partial charge in [0.15, 0.2) is 5.82 Å². The van der Waals surface area contributed by atoms with Crippen molar-refractivity contribution in [3.63, 3.8) is 0 Å². The van der Waals surface area contributed by atoms with Crippen LogP contribution in [0.5, 0.6) is 0 Å². The molecule has 2 aliphatic rings. The van der Waals surface area contributed by atoms with Crippen molar-refractivity contribution < 1.29 is 31.1 Å². The predicted molar refractivity (Wildman–Crippen MR) is 169 cm³/mol. The minimum absolute atomic E-state index is 0.0550. The first-order valence-electron chi connectivity index (χ1n) is 15.8. The maximum atomic E-state index is 14.4. The lowest BCUT2D eigenvalue weighted by molar-refractivity contribution is -0.138. The van der Waals surface area contributed by atoms with Crippen LogP contribution in [0.2, 0.25) is 0 Å². The van der Waals surface area contributed by atoms with Crippen LogP contribution < -0.4 is 15.5 Å². The van der Waals surface area contributed by atoms with Crippen LogP contribution >= 0.6 is 0 Å². The summed E-state index contributed by atoms with van der Waals surface area (Å²) < 4.78 is 86.6. The molecule has 1 aliphatic carbocycles. The number of amides is 1. The van der Waals surface area contributed by atoms with Gasteiger partial charge in [-0.1, -0.05) is 6.42 Å². The van der Waals surface area contributed by atoms with E-state index in [0.717, 1.165) is 42.4 Å². The Morgan fingerprint density at radius 1 is 1.00 bits per heavy atom. The molecular formula is C34H32F6N8O. The number of fused-ring (bicyclic) bond motifs is 1. The SMILES string of the molecule is Cn1cnnc1-c1ccc(C(F)(F)F)cc1-c1cc(NCCCC#N)nc(N2Cc3c(cc(CNCC4CCC4)cc3C(F)(F)F)C2=O)c1. The predicted octanol–water partition coefficient (Wildman–Crippen LogP) is 7.35. The Balaban J connectivity index is 1.43. The van der Waals surface area contributed by atoms with E-state index in [9.17, 15) is 31.1 Å². The number of aryl methyl sites for hydroxylation is 1. The third-order valence-electron chi connectivity index (χ3n) is 8.86. The van der Waals surface area contributed by atoms with Gasteiger partial charge in [-0.3, -0.25) is 9.69 Å². The highest BCUT2D eigenvalue weighted by atomic mass is 19.4. The molecule has 0 bridgehead atoms. The van der Waals surface area contributed by atoms with Gasteiger partial charge < -0.3 is 15.2 Å². The Bertz CT molecular complexity index is 1910. The summed E-state index contributed by atoms with van der Waals surface area (Å²) in [4.78, 5) is 19.5. The molecule has 0 spiro atoms. The molecule has 15 heteroatoms. The number of halogens is 6. The standard InChI is InChI=1S/C34H32F6N8O/c1-47-19-44-46-31(47)24-8-7-23(33(35,36)37)15-25(24)22-13-29(43-10-3-2-9-41)45-30(14-22)48-18-27-26(32(48)49)11-21(12-28(27)34(38,39)40)17-42-16-20-5-4-6-20/h7-8,11-15,19-20,42H,2-6,10,16-18H2,1H3,(H,43,45). The summed E-state index contributed by atoms with van der Waals surface area (Å²) in [6.07, 6.45) is -4.11. The van der Waals surface area contributed by atoms with Crippen molar-refractivity contribution in [2.45, 2.75) is 57.5 Å². The van der Waals surface area contributed by atoms with E-state index in [0.29, 0.717) is 30.0 Å². The summed E-state index contributed by atoms with van der Waals surface area (Å²) in [6.45, 7) is 0.657. The van der Waals surface area contributed by atoms with E-state index in [-0.39, 0.29) is 59.2 Å². The molecule has 2 N–H and O–H groups in total. The normalized spacial score (nSPS) is 14.9. The second-order valence-corrected chi connectivity index (χ2v) is 12.3.